The van der Waals surface area contributed by atoms with Crippen LogP contribution in [0.15, 0.2) is 30.3 Å². The molecule has 156 valence electrons. The molecule has 8 heteroatoms. The number of hydrogen-bond acceptors (Lipinski definition) is 6. The molecule has 1 aromatic rings. The van der Waals surface area contributed by atoms with Gasteiger partial charge in [-0.15, -0.1) is 0 Å². The number of ether oxygens (including phenoxy) is 2. The Labute approximate surface area is 165 Å². The van der Waals surface area contributed by atoms with Gasteiger partial charge in [-0.2, -0.15) is 0 Å². The Morgan fingerprint density at radius 2 is 1.79 bits per heavy atom. The minimum absolute atomic E-state index is 0.149. The summed E-state index contributed by atoms with van der Waals surface area (Å²) < 4.78 is 9.50. The molecule has 1 unspecified atom stereocenters. The Bertz CT molecular complexity index is 614. The number of rotatable bonds is 5. The van der Waals surface area contributed by atoms with E-state index in [2.05, 4.69) is 10.1 Å². The van der Waals surface area contributed by atoms with Gasteiger partial charge in [0, 0.05) is 20.0 Å². The number of benzene rings is 1. The molecule has 1 aliphatic heterocycles. The average Bonchev–Trinajstić information content (AvgIpc) is 2.67. The van der Waals surface area contributed by atoms with Crippen molar-refractivity contribution in [3.63, 3.8) is 0 Å². The largest absolute Gasteiger partial charge is 0.466 e. The van der Waals surface area contributed by atoms with Gasteiger partial charge in [0.1, 0.15) is 12.6 Å². The number of carbonyl (C=O) groups excluding carboxylic acids is 3. The van der Waals surface area contributed by atoms with Crippen LogP contribution in [0.1, 0.15) is 39.2 Å². The Kier molecular flexibility index (Phi) is 10.6. The lowest BCUT2D eigenvalue weighted by atomic mass is 10.1. The summed E-state index contributed by atoms with van der Waals surface area (Å²) >= 11 is 0. The first-order chi connectivity index (χ1) is 13.3. The zero-order chi connectivity index (χ0) is 20.9. The number of carbonyl (C=O) groups is 3. The highest BCUT2D eigenvalue weighted by Crippen LogP contribution is 2.11. The van der Waals surface area contributed by atoms with Crippen LogP contribution < -0.4 is 5.32 Å². The van der Waals surface area contributed by atoms with Crippen LogP contribution in [0.25, 0.3) is 0 Å². The first kappa shape index (κ1) is 23.4. The molecule has 0 saturated carbocycles. The van der Waals surface area contributed by atoms with Gasteiger partial charge in [0.15, 0.2) is 0 Å². The lowest BCUT2D eigenvalue weighted by molar-refractivity contribution is -0.140. The fourth-order valence-electron chi connectivity index (χ4n) is 2.57. The predicted molar refractivity (Wildman–Crippen MR) is 103 cm³/mol. The van der Waals surface area contributed by atoms with Crippen molar-refractivity contribution in [2.24, 2.45) is 0 Å². The molecule has 0 aromatic heterocycles. The van der Waals surface area contributed by atoms with Crippen LogP contribution in [-0.2, 0) is 25.7 Å². The summed E-state index contributed by atoms with van der Waals surface area (Å²) in [4.78, 5) is 35.4. The molecule has 1 aromatic carbocycles. The minimum Gasteiger partial charge on any atom is -0.466 e. The summed E-state index contributed by atoms with van der Waals surface area (Å²) in [6.45, 7) is 6.50. The molecular weight excluding hydrogens is 364 g/mol. The summed E-state index contributed by atoms with van der Waals surface area (Å²) in [5.74, 6) is -0.360. The molecule has 1 heterocycles. The molecule has 0 radical (unpaired) electrons. The van der Waals surface area contributed by atoms with Crippen molar-refractivity contribution in [2.45, 2.75) is 52.4 Å². The van der Waals surface area contributed by atoms with E-state index in [1.54, 1.807) is 18.7 Å². The van der Waals surface area contributed by atoms with Gasteiger partial charge < -0.3 is 24.8 Å². The molecule has 28 heavy (non-hydrogen) atoms. The number of likely N-dealkylation sites (tertiary alicyclic amines) is 1. The minimum atomic E-state index is -0.640. The monoisotopic (exact) mass is 394 g/mol. The van der Waals surface area contributed by atoms with E-state index in [9.17, 15) is 19.5 Å². The third kappa shape index (κ3) is 9.36. The molecule has 0 spiro atoms. The first-order valence-electron chi connectivity index (χ1n) is 9.40. The fraction of sp³-hybridized carbons (Fsp3) is 0.550. The Hall–Kier alpha value is -2.61. The lowest BCUT2D eigenvalue weighted by Gasteiger charge is -2.31. The third-order valence-electron chi connectivity index (χ3n) is 4.04. The van der Waals surface area contributed by atoms with Gasteiger partial charge in [0.05, 0.1) is 12.7 Å². The lowest BCUT2D eigenvalue weighted by Crippen LogP contribution is -2.50. The van der Waals surface area contributed by atoms with Crippen molar-refractivity contribution in [3.05, 3.63) is 35.9 Å². The van der Waals surface area contributed by atoms with Gasteiger partial charge >= 0.3 is 12.1 Å². The number of esters is 1. The van der Waals surface area contributed by atoms with E-state index in [4.69, 9.17) is 4.74 Å². The number of hydrogen-bond donors (Lipinski definition) is 2. The van der Waals surface area contributed by atoms with E-state index in [-0.39, 0.29) is 24.6 Å². The molecule has 2 N–H and O–H groups in total. The van der Waals surface area contributed by atoms with E-state index in [0.717, 1.165) is 5.56 Å². The number of piperidine rings is 1. The van der Waals surface area contributed by atoms with Crippen molar-refractivity contribution in [3.8, 4) is 0 Å². The number of nitrogens with zero attached hydrogens (tertiary/aromatic N) is 1. The van der Waals surface area contributed by atoms with Crippen LogP contribution in [0.2, 0.25) is 0 Å². The molecule has 2 rings (SSSR count). The van der Waals surface area contributed by atoms with E-state index in [1.165, 1.54) is 6.92 Å². The van der Waals surface area contributed by atoms with Gasteiger partial charge in [0.2, 0.25) is 5.91 Å². The SMILES string of the molecule is CC(NC(=O)OCc1ccccc1)C(=O)N1CCC(O)CC1.CCOC(C)=O. The maximum absolute atomic E-state index is 12.2. The smallest absolute Gasteiger partial charge is 0.408 e. The molecule has 1 atom stereocenters. The predicted octanol–water partition coefficient (Wildman–Crippen LogP) is 1.85. The Morgan fingerprint density at radius 3 is 2.29 bits per heavy atom. The van der Waals surface area contributed by atoms with Crippen LogP contribution in [0.3, 0.4) is 0 Å². The standard InChI is InChI=1S/C16H22N2O4.C4H8O2/c1-12(15(20)18-9-7-14(19)8-10-18)17-16(21)22-11-13-5-3-2-4-6-13;1-3-6-4(2)5/h2-6,12,14,19H,7-11H2,1H3,(H,17,21);3H2,1-2H3. The van der Waals surface area contributed by atoms with Crippen molar-refractivity contribution in [1.29, 1.82) is 0 Å². The zero-order valence-corrected chi connectivity index (χ0v) is 16.7. The van der Waals surface area contributed by atoms with Crippen molar-refractivity contribution in [1.82, 2.24) is 10.2 Å². The number of aliphatic hydroxyl groups is 1. The second kappa shape index (κ2) is 12.7. The molecule has 1 aliphatic rings. The maximum atomic E-state index is 12.2. The summed E-state index contributed by atoms with van der Waals surface area (Å²) in [5.41, 5.74) is 0.890. The van der Waals surface area contributed by atoms with Crippen LogP contribution >= 0.6 is 0 Å². The number of alkyl carbamates (subject to hydrolysis) is 1. The molecule has 0 aliphatic carbocycles. The molecule has 0 bridgehead atoms. The number of aliphatic hydroxyl groups excluding tert-OH is 1. The zero-order valence-electron chi connectivity index (χ0n) is 16.7. The highest BCUT2D eigenvalue weighted by molar-refractivity contribution is 5.85. The van der Waals surface area contributed by atoms with E-state index in [0.29, 0.717) is 32.5 Å². The highest BCUT2D eigenvalue weighted by atomic mass is 16.5. The highest BCUT2D eigenvalue weighted by Gasteiger charge is 2.26. The van der Waals surface area contributed by atoms with Crippen molar-refractivity contribution >= 4 is 18.0 Å². The van der Waals surface area contributed by atoms with E-state index < -0.39 is 12.1 Å². The fourth-order valence-corrected chi connectivity index (χ4v) is 2.57. The average molecular weight is 394 g/mol. The van der Waals surface area contributed by atoms with Crippen molar-refractivity contribution in [2.75, 3.05) is 19.7 Å². The molecule has 8 nitrogen and oxygen atoms in total. The van der Waals surface area contributed by atoms with Crippen LogP contribution in [0, 0.1) is 0 Å². The second-order valence-corrected chi connectivity index (χ2v) is 6.41. The topological polar surface area (TPSA) is 105 Å². The molecule has 1 saturated heterocycles. The third-order valence-corrected chi connectivity index (χ3v) is 4.04. The summed E-state index contributed by atoms with van der Waals surface area (Å²) in [6, 6.07) is 8.71. The summed E-state index contributed by atoms with van der Waals surface area (Å²) in [5, 5.41) is 12.0. The molecular formula is C20H30N2O6. The maximum Gasteiger partial charge on any atom is 0.408 e. The Balaban J connectivity index is 0.000000568. The number of nitrogens with one attached hydrogen (secondary N) is 1. The van der Waals surface area contributed by atoms with Crippen LogP contribution in [-0.4, -0.2) is 59.8 Å². The number of amides is 2. The first-order valence-corrected chi connectivity index (χ1v) is 9.40. The van der Waals surface area contributed by atoms with Gasteiger partial charge in [0.25, 0.3) is 0 Å². The van der Waals surface area contributed by atoms with Gasteiger partial charge in [-0.25, -0.2) is 4.79 Å². The summed E-state index contributed by atoms with van der Waals surface area (Å²) in [6.07, 6.45) is 0.221. The van der Waals surface area contributed by atoms with Crippen LogP contribution in [0.4, 0.5) is 4.79 Å². The van der Waals surface area contributed by atoms with Crippen LogP contribution in [0.5, 0.6) is 0 Å². The van der Waals surface area contributed by atoms with E-state index in [1.807, 2.05) is 30.3 Å². The van der Waals surface area contributed by atoms with E-state index >= 15 is 0 Å². The van der Waals surface area contributed by atoms with Crippen molar-refractivity contribution < 1.29 is 29.0 Å². The molecule has 2 amide bonds. The summed E-state index contributed by atoms with van der Waals surface area (Å²) in [7, 11) is 0. The Morgan fingerprint density at radius 1 is 1.18 bits per heavy atom. The van der Waals surface area contributed by atoms with Gasteiger partial charge in [-0.05, 0) is 32.3 Å². The quantitative estimate of drug-likeness (QED) is 0.739. The normalized spacial score (nSPS) is 14.9. The van der Waals surface area contributed by atoms with Gasteiger partial charge in [-0.3, -0.25) is 9.59 Å². The van der Waals surface area contributed by atoms with Gasteiger partial charge in [-0.1, -0.05) is 30.3 Å². The molecule has 1 fully saturated rings. The second-order valence-electron chi connectivity index (χ2n) is 6.41.